The van der Waals surface area contributed by atoms with Crippen LogP contribution in [0.5, 0.6) is 0 Å². The third-order valence-electron chi connectivity index (χ3n) is 11.8. The van der Waals surface area contributed by atoms with Crippen LogP contribution in [-0.2, 0) is 4.79 Å². The summed E-state index contributed by atoms with van der Waals surface area (Å²) in [4.78, 5) is 21.6. The second-order valence-electron chi connectivity index (χ2n) is 15.3. The van der Waals surface area contributed by atoms with E-state index in [1.165, 1.54) is 0 Å². The average Bonchev–Trinajstić information content (AvgIpc) is 3.76. The molecule has 1 saturated carbocycles. The molecule has 4 fully saturated rings. The van der Waals surface area contributed by atoms with E-state index in [0.717, 1.165) is 103 Å². The lowest BCUT2D eigenvalue weighted by molar-refractivity contribution is -0.129. The summed E-state index contributed by atoms with van der Waals surface area (Å²) in [5, 5.41) is 10.3. The summed E-state index contributed by atoms with van der Waals surface area (Å²) in [6.07, 6.45) is 6.17. The highest BCUT2D eigenvalue weighted by Gasteiger charge is 2.46. The van der Waals surface area contributed by atoms with E-state index in [0.29, 0.717) is 31.5 Å². The molecule has 0 aromatic heterocycles. The summed E-state index contributed by atoms with van der Waals surface area (Å²) in [7, 11) is 2.19. The molecule has 0 bridgehead atoms. The normalized spacial score (nSPS) is 29.3. The smallest absolute Gasteiger partial charge is 0.227 e. The number of hydrogen-bond donors (Lipinski definition) is 6. The highest BCUT2D eigenvalue weighted by atomic mass is 19.1. The van der Waals surface area contributed by atoms with Crippen molar-refractivity contribution in [3.05, 3.63) is 12.2 Å². The fourth-order valence-corrected chi connectivity index (χ4v) is 8.44. The third kappa shape index (κ3) is 9.94. The van der Waals surface area contributed by atoms with E-state index in [1.807, 2.05) is 6.92 Å². The van der Waals surface area contributed by atoms with Crippen LogP contribution >= 0.6 is 0 Å². The van der Waals surface area contributed by atoms with Gasteiger partial charge < -0.3 is 43.0 Å². The fourth-order valence-electron chi connectivity index (χ4n) is 8.44. The zero-order valence-corrected chi connectivity index (χ0v) is 29.5. The number of carbonyl (C=O) groups is 1. The van der Waals surface area contributed by atoms with E-state index in [4.69, 9.17) is 17.2 Å². The van der Waals surface area contributed by atoms with Crippen LogP contribution in [0.3, 0.4) is 0 Å². The third-order valence-corrected chi connectivity index (χ3v) is 11.8. The van der Waals surface area contributed by atoms with E-state index < -0.39 is 18.3 Å². The lowest BCUT2D eigenvalue weighted by atomic mass is 9.78. The van der Waals surface area contributed by atoms with Crippen molar-refractivity contribution in [2.45, 2.75) is 108 Å². The summed E-state index contributed by atoms with van der Waals surface area (Å²) in [6.45, 7) is 19.6. The molecule has 3 heterocycles. The SMILES string of the molecule is C=C(C)C(CCCC)C(NCC(CC)C1(N)CC1)C(C(=O)NC1CNCC(F)C1N1CCC(CN2CCN(C)CC2)CC1)C(N)N. The van der Waals surface area contributed by atoms with E-state index in [1.54, 1.807) is 0 Å². The first-order chi connectivity index (χ1) is 22.0. The number of piperidine rings is 2. The van der Waals surface area contributed by atoms with Crippen LogP contribution in [0.1, 0.15) is 72.1 Å². The quantitative estimate of drug-likeness (QED) is 0.102. The van der Waals surface area contributed by atoms with Crippen LogP contribution in [0.25, 0.3) is 0 Å². The molecule has 0 aromatic rings. The number of rotatable bonds is 17. The minimum absolute atomic E-state index is 0.0317. The second kappa shape index (κ2) is 17.5. The van der Waals surface area contributed by atoms with Gasteiger partial charge in [-0.1, -0.05) is 45.3 Å². The van der Waals surface area contributed by atoms with Gasteiger partial charge >= 0.3 is 0 Å². The maximum absolute atomic E-state index is 15.7. The number of halogens is 1. The predicted molar refractivity (Wildman–Crippen MR) is 187 cm³/mol. The molecule has 11 heteroatoms. The molecular weight excluding hydrogens is 581 g/mol. The number of nitrogens with two attached hydrogens (primary N) is 3. The van der Waals surface area contributed by atoms with E-state index in [2.05, 4.69) is 58.1 Å². The van der Waals surface area contributed by atoms with Gasteiger partial charge in [0.15, 0.2) is 0 Å². The van der Waals surface area contributed by atoms with Crippen LogP contribution in [0, 0.1) is 23.7 Å². The largest absolute Gasteiger partial charge is 0.350 e. The van der Waals surface area contributed by atoms with Gasteiger partial charge in [0.25, 0.3) is 0 Å². The number of carbonyl (C=O) groups excluding carboxylic acids is 1. The maximum Gasteiger partial charge on any atom is 0.227 e. The minimum atomic E-state index is -1.07. The molecule has 3 saturated heterocycles. The Labute approximate surface area is 279 Å². The molecule has 7 unspecified atom stereocenters. The molecule has 7 atom stereocenters. The average molecular weight is 650 g/mol. The zero-order valence-electron chi connectivity index (χ0n) is 29.5. The predicted octanol–water partition coefficient (Wildman–Crippen LogP) is 1.46. The maximum atomic E-state index is 15.7. The van der Waals surface area contributed by atoms with E-state index >= 15 is 4.39 Å². The first kappa shape index (κ1) is 37.6. The van der Waals surface area contributed by atoms with Gasteiger partial charge in [0.1, 0.15) is 6.17 Å². The van der Waals surface area contributed by atoms with Crippen molar-refractivity contribution in [2.75, 3.05) is 72.5 Å². The highest BCUT2D eigenvalue weighted by Crippen LogP contribution is 2.41. The van der Waals surface area contributed by atoms with Gasteiger partial charge in [0.05, 0.1) is 24.2 Å². The Bertz CT molecular complexity index is 948. The minimum Gasteiger partial charge on any atom is -0.350 e. The van der Waals surface area contributed by atoms with Gasteiger partial charge in [-0.05, 0) is 76.9 Å². The van der Waals surface area contributed by atoms with Crippen molar-refractivity contribution in [3.63, 3.8) is 0 Å². The number of piperazine rings is 1. The van der Waals surface area contributed by atoms with Crippen LogP contribution < -0.4 is 33.2 Å². The Morgan fingerprint density at radius 2 is 1.76 bits per heavy atom. The Balaban J connectivity index is 1.45. The molecule has 4 rings (SSSR count). The molecular formula is C35H68FN9O. The van der Waals surface area contributed by atoms with Crippen molar-refractivity contribution < 1.29 is 9.18 Å². The van der Waals surface area contributed by atoms with E-state index in [9.17, 15) is 4.79 Å². The van der Waals surface area contributed by atoms with E-state index in [-0.39, 0.29) is 35.5 Å². The zero-order chi connectivity index (χ0) is 33.4. The van der Waals surface area contributed by atoms with Gasteiger partial charge in [0.2, 0.25) is 5.91 Å². The van der Waals surface area contributed by atoms with Crippen molar-refractivity contribution >= 4 is 5.91 Å². The molecule has 10 nitrogen and oxygen atoms in total. The number of nitrogens with one attached hydrogen (secondary N) is 3. The number of hydrogen-bond acceptors (Lipinski definition) is 9. The number of alkyl halides is 1. The summed E-state index contributed by atoms with van der Waals surface area (Å²) in [6, 6.07) is -1.03. The van der Waals surface area contributed by atoms with Crippen molar-refractivity contribution in [1.29, 1.82) is 0 Å². The monoisotopic (exact) mass is 650 g/mol. The summed E-state index contributed by atoms with van der Waals surface area (Å²) in [5.41, 5.74) is 20.5. The summed E-state index contributed by atoms with van der Waals surface area (Å²) < 4.78 is 15.7. The van der Waals surface area contributed by atoms with Crippen molar-refractivity contribution in [3.8, 4) is 0 Å². The molecule has 0 aromatic carbocycles. The fraction of sp³-hybridized carbons (Fsp3) is 0.914. The highest BCUT2D eigenvalue weighted by molar-refractivity contribution is 5.80. The van der Waals surface area contributed by atoms with Gasteiger partial charge in [-0.15, -0.1) is 0 Å². The number of amides is 1. The molecule has 4 aliphatic rings. The Morgan fingerprint density at radius 3 is 2.33 bits per heavy atom. The van der Waals surface area contributed by atoms with Crippen molar-refractivity contribution in [2.24, 2.45) is 40.9 Å². The topological polar surface area (TPSA) is 141 Å². The van der Waals surface area contributed by atoms with Gasteiger partial charge in [-0.3, -0.25) is 9.69 Å². The Kier molecular flexibility index (Phi) is 14.3. The molecule has 1 amide bonds. The molecule has 46 heavy (non-hydrogen) atoms. The Hall–Kier alpha value is -1.18. The van der Waals surface area contributed by atoms with Crippen LogP contribution in [-0.4, -0.2) is 129 Å². The van der Waals surface area contributed by atoms with Crippen LogP contribution in [0.4, 0.5) is 4.39 Å². The first-order valence-electron chi connectivity index (χ1n) is 18.5. The lowest BCUT2D eigenvalue weighted by Gasteiger charge is -2.46. The molecule has 266 valence electrons. The van der Waals surface area contributed by atoms with Crippen molar-refractivity contribution in [1.82, 2.24) is 30.7 Å². The lowest BCUT2D eigenvalue weighted by Crippen LogP contribution is -2.68. The molecule has 9 N–H and O–H groups in total. The summed E-state index contributed by atoms with van der Waals surface area (Å²) in [5.74, 6) is 0.0793. The molecule has 1 aliphatic carbocycles. The van der Waals surface area contributed by atoms with Crippen LogP contribution in [0.2, 0.25) is 0 Å². The number of likely N-dealkylation sites (N-methyl/N-ethyl adjacent to an activating group) is 1. The summed E-state index contributed by atoms with van der Waals surface area (Å²) >= 11 is 0. The number of unbranched alkanes of at least 4 members (excludes halogenated alkanes) is 1. The molecule has 0 spiro atoms. The van der Waals surface area contributed by atoms with Crippen LogP contribution in [0.15, 0.2) is 12.2 Å². The number of nitrogens with zero attached hydrogens (tertiary/aromatic N) is 3. The molecule has 3 aliphatic heterocycles. The second-order valence-corrected chi connectivity index (χ2v) is 15.3. The van der Waals surface area contributed by atoms with Gasteiger partial charge in [-0.25, -0.2) is 4.39 Å². The molecule has 0 radical (unpaired) electrons. The van der Waals surface area contributed by atoms with Gasteiger partial charge in [0, 0.05) is 63.9 Å². The first-order valence-corrected chi connectivity index (χ1v) is 18.5. The Morgan fingerprint density at radius 1 is 1.09 bits per heavy atom. The number of likely N-dealkylation sites (tertiary alicyclic amines) is 1. The standard InChI is InChI=1S/C35H68FN9O/c1-6-8-9-27(24(3)4)31(41-20-26(7-2)35(39)12-13-35)30(33(37)38)34(46)42-29-22-40-21-28(36)32(29)45-14-10-25(11-15-45)23-44-18-16-43(5)17-19-44/h25-33,40-41H,3,6-23,37-39H2,1-2,4-5H3,(H,42,46). The van der Waals surface area contributed by atoms with Gasteiger partial charge in [-0.2, -0.15) is 0 Å².